The summed E-state index contributed by atoms with van der Waals surface area (Å²) in [6.45, 7) is 0.308. The van der Waals surface area contributed by atoms with Crippen LogP contribution in [-0.4, -0.2) is 15.3 Å². The van der Waals surface area contributed by atoms with Gasteiger partial charge in [-0.2, -0.15) is 13.2 Å². The zero-order valence-corrected chi connectivity index (χ0v) is 14.7. The highest BCUT2D eigenvalue weighted by atomic mass is 35.5. The zero-order valence-electron chi connectivity index (χ0n) is 13.1. The van der Waals surface area contributed by atoms with E-state index in [0.717, 1.165) is 17.8 Å². The summed E-state index contributed by atoms with van der Waals surface area (Å²) in [5.41, 5.74) is 0.474. The molecule has 0 bridgehead atoms. The Bertz CT molecular complexity index is 952. The molecule has 3 aromatic rings. The first-order chi connectivity index (χ1) is 12.2. The third kappa shape index (κ3) is 4.28. The van der Waals surface area contributed by atoms with Gasteiger partial charge in [-0.1, -0.05) is 35.3 Å². The highest BCUT2D eigenvalue weighted by Crippen LogP contribution is 2.32. The molecule has 0 aliphatic heterocycles. The van der Waals surface area contributed by atoms with Gasteiger partial charge in [0.1, 0.15) is 0 Å². The fraction of sp³-hybridized carbons (Fsp3) is 0.176. The summed E-state index contributed by atoms with van der Waals surface area (Å²) < 4.78 is 39.7. The van der Waals surface area contributed by atoms with Gasteiger partial charge in [-0.05, 0) is 23.8 Å². The van der Waals surface area contributed by atoms with Crippen molar-refractivity contribution in [3.8, 4) is 0 Å². The molecule has 0 aliphatic rings. The van der Waals surface area contributed by atoms with Crippen LogP contribution in [0.5, 0.6) is 0 Å². The lowest BCUT2D eigenvalue weighted by molar-refractivity contribution is -0.137. The first-order valence-corrected chi connectivity index (χ1v) is 8.23. The van der Waals surface area contributed by atoms with Crippen molar-refractivity contribution in [2.24, 2.45) is 0 Å². The fourth-order valence-corrected chi connectivity index (χ4v) is 2.76. The predicted molar refractivity (Wildman–Crippen MR) is 92.2 cm³/mol. The zero-order chi connectivity index (χ0) is 18.9. The van der Waals surface area contributed by atoms with Gasteiger partial charge in [0.25, 0.3) is 0 Å². The molecule has 3 rings (SSSR count). The molecular weight excluding hydrogens is 390 g/mol. The number of pyridine rings is 1. The van der Waals surface area contributed by atoms with Crippen molar-refractivity contribution in [3.63, 3.8) is 0 Å². The molecule has 0 saturated carbocycles. The minimum Gasteiger partial charge on any atom is -0.352 e. The quantitative estimate of drug-likeness (QED) is 0.698. The molecule has 0 saturated heterocycles. The number of alkyl halides is 3. The van der Waals surface area contributed by atoms with E-state index in [4.69, 9.17) is 23.2 Å². The number of nitrogens with zero attached hydrogens (tertiary/aromatic N) is 2. The topological polar surface area (TPSA) is 46.4 Å². The Balaban J connectivity index is 1.71. The smallest absolute Gasteiger partial charge is 0.352 e. The molecule has 9 heteroatoms. The van der Waals surface area contributed by atoms with Crippen LogP contribution in [0.15, 0.2) is 42.7 Å². The van der Waals surface area contributed by atoms with Crippen LogP contribution < -0.4 is 5.32 Å². The third-order valence-corrected chi connectivity index (χ3v) is 4.16. The Morgan fingerprint density at radius 2 is 1.85 bits per heavy atom. The molecule has 0 aliphatic carbocycles. The predicted octanol–water partition coefficient (Wildman–Crippen LogP) is 4.52. The van der Waals surface area contributed by atoms with E-state index >= 15 is 0 Å². The second-order valence-electron chi connectivity index (χ2n) is 5.62. The number of aromatic nitrogens is 2. The Hall–Kier alpha value is -2.25. The van der Waals surface area contributed by atoms with E-state index in [2.05, 4.69) is 10.3 Å². The summed E-state index contributed by atoms with van der Waals surface area (Å²) in [4.78, 5) is 16.2. The molecule has 1 amide bonds. The van der Waals surface area contributed by atoms with Gasteiger partial charge in [-0.25, -0.2) is 4.98 Å². The first-order valence-electron chi connectivity index (χ1n) is 7.48. The average Bonchev–Trinajstić information content (AvgIpc) is 2.96. The molecule has 1 N–H and O–H groups in total. The standard InChI is InChI=1S/C17H12Cl2F3N3O/c18-12-3-1-10(2-4-12)7-23-15(26)6-13-9-25-8-11(17(20,21)22)5-14(19)16(25)24-13/h1-5,8-9H,6-7H2,(H,23,26). The number of benzene rings is 1. The molecule has 0 radical (unpaired) electrons. The maximum Gasteiger partial charge on any atom is 0.417 e. The third-order valence-electron chi connectivity index (χ3n) is 3.63. The SMILES string of the molecule is O=C(Cc1cn2cc(C(F)(F)F)cc(Cl)c2n1)NCc1ccc(Cl)cc1. The van der Waals surface area contributed by atoms with E-state index in [9.17, 15) is 18.0 Å². The second-order valence-corrected chi connectivity index (χ2v) is 6.46. The van der Waals surface area contributed by atoms with Gasteiger partial charge in [0.05, 0.1) is 22.7 Å². The largest absolute Gasteiger partial charge is 0.417 e. The first kappa shape index (κ1) is 18.5. The lowest BCUT2D eigenvalue weighted by Crippen LogP contribution is -2.24. The minimum absolute atomic E-state index is 0.0764. The van der Waals surface area contributed by atoms with Crippen molar-refractivity contribution in [2.75, 3.05) is 0 Å². The summed E-state index contributed by atoms with van der Waals surface area (Å²) in [5.74, 6) is -0.310. The summed E-state index contributed by atoms with van der Waals surface area (Å²) in [7, 11) is 0. The Morgan fingerprint density at radius 3 is 2.50 bits per heavy atom. The van der Waals surface area contributed by atoms with E-state index in [1.165, 1.54) is 10.6 Å². The van der Waals surface area contributed by atoms with Crippen molar-refractivity contribution in [1.29, 1.82) is 0 Å². The number of hydrogen-bond acceptors (Lipinski definition) is 2. The van der Waals surface area contributed by atoms with E-state index in [1.54, 1.807) is 24.3 Å². The van der Waals surface area contributed by atoms with Crippen LogP contribution in [-0.2, 0) is 23.9 Å². The molecule has 136 valence electrons. The Morgan fingerprint density at radius 1 is 1.15 bits per heavy atom. The molecule has 4 nitrogen and oxygen atoms in total. The van der Waals surface area contributed by atoms with Gasteiger partial charge in [0, 0.05) is 24.0 Å². The number of rotatable bonds is 4. The maximum absolute atomic E-state index is 12.8. The molecule has 0 fully saturated rings. The van der Waals surface area contributed by atoms with Gasteiger partial charge in [-0.3, -0.25) is 4.79 Å². The number of nitrogens with one attached hydrogen (secondary N) is 1. The number of carbonyl (C=O) groups is 1. The molecule has 1 aromatic carbocycles. The van der Waals surface area contributed by atoms with Crippen LogP contribution in [0.2, 0.25) is 10.0 Å². The molecule has 0 unspecified atom stereocenters. The van der Waals surface area contributed by atoms with Gasteiger partial charge >= 0.3 is 6.18 Å². The Kier molecular flexibility index (Phi) is 5.11. The summed E-state index contributed by atoms with van der Waals surface area (Å²) in [6.07, 6.45) is -2.34. The van der Waals surface area contributed by atoms with E-state index in [1.807, 2.05) is 0 Å². The lowest BCUT2D eigenvalue weighted by Gasteiger charge is -2.07. The van der Waals surface area contributed by atoms with Crippen molar-refractivity contribution >= 4 is 34.8 Å². The average molecular weight is 402 g/mol. The highest BCUT2D eigenvalue weighted by Gasteiger charge is 2.31. The van der Waals surface area contributed by atoms with E-state index < -0.39 is 11.7 Å². The number of carbonyl (C=O) groups excluding carboxylic acids is 1. The van der Waals surface area contributed by atoms with Crippen molar-refractivity contribution in [2.45, 2.75) is 19.1 Å². The van der Waals surface area contributed by atoms with Crippen LogP contribution in [0.25, 0.3) is 5.65 Å². The summed E-state index contributed by atoms with van der Waals surface area (Å²) >= 11 is 11.7. The number of imidazole rings is 1. The molecule has 0 spiro atoms. The van der Waals surface area contributed by atoms with Crippen LogP contribution in [0.3, 0.4) is 0 Å². The number of hydrogen-bond donors (Lipinski definition) is 1. The number of amides is 1. The van der Waals surface area contributed by atoms with Gasteiger partial charge in [0.2, 0.25) is 5.91 Å². The maximum atomic E-state index is 12.8. The minimum atomic E-state index is -4.52. The highest BCUT2D eigenvalue weighted by molar-refractivity contribution is 6.33. The van der Waals surface area contributed by atoms with E-state index in [0.29, 0.717) is 17.3 Å². The van der Waals surface area contributed by atoms with Gasteiger partial charge in [-0.15, -0.1) is 0 Å². The monoisotopic (exact) mass is 401 g/mol. The molecule has 26 heavy (non-hydrogen) atoms. The van der Waals surface area contributed by atoms with Crippen LogP contribution in [0.1, 0.15) is 16.8 Å². The van der Waals surface area contributed by atoms with Crippen LogP contribution in [0, 0.1) is 0 Å². The van der Waals surface area contributed by atoms with Crippen molar-refractivity contribution in [1.82, 2.24) is 14.7 Å². The normalized spacial score (nSPS) is 11.7. The molecular formula is C17H12Cl2F3N3O. The molecule has 2 heterocycles. The van der Waals surface area contributed by atoms with Crippen LogP contribution in [0.4, 0.5) is 13.2 Å². The van der Waals surface area contributed by atoms with E-state index in [-0.39, 0.29) is 23.0 Å². The second kappa shape index (κ2) is 7.17. The number of fused-ring (bicyclic) bond motifs is 1. The van der Waals surface area contributed by atoms with Gasteiger partial charge in [0.15, 0.2) is 5.65 Å². The summed E-state index contributed by atoms with van der Waals surface area (Å²) in [5, 5.41) is 3.18. The lowest BCUT2D eigenvalue weighted by atomic mass is 10.2. The van der Waals surface area contributed by atoms with Crippen LogP contribution >= 0.6 is 23.2 Å². The van der Waals surface area contributed by atoms with Crippen molar-refractivity contribution < 1.29 is 18.0 Å². The fourth-order valence-electron chi connectivity index (χ4n) is 2.38. The van der Waals surface area contributed by atoms with Crippen molar-refractivity contribution in [3.05, 3.63) is 69.6 Å². The molecule has 0 atom stereocenters. The number of halogens is 5. The molecule has 2 aromatic heterocycles. The summed E-state index contributed by atoms with van der Waals surface area (Å²) in [6, 6.07) is 7.81. The van der Waals surface area contributed by atoms with Gasteiger partial charge < -0.3 is 9.72 Å². The Labute approximate surface area is 156 Å².